The third kappa shape index (κ3) is 2.54. The van der Waals surface area contributed by atoms with E-state index in [0.717, 1.165) is 17.6 Å². The number of rotatable bonds is 4. The van der Waals surface area contributed by atoms with Crippen molar-refractivity contribution in [2.75, 3.05) is 7.11 Å². The highest BCUT2D eigenvalue weighted by Gasteiger charge is 2.42. The van der Waals surface area contributed by atoms with Crippen LogP contribution in [0.2, 0.25) is 0 Å². The van der Waals surface area contributed by atoms with Gasteiger partial charge in [0.15, 0.2) is 0 Å². The number of fused-ring (bicyclic) bond motifs is 2. The Morgan fingerprint density at radius 2 is 2.00 bits per heavy atom. The largest absolute Gasteiger partial charge is 0.497 e. The minimum absolute atomic E-state index is 0.0305. The topological polar surface area (TPSA) is 38.3 Å². The number of methoxy groups -OCH3 is 1. The van der Waals surface area contributed by atoms with Crippen molar-refractivity contribution >= 4 is 5.91 Å². The van der Waals surface area contributed by atoms with Gasteiger partial charge in [-0.25, -0.2) is 0 Å². The summed E-state index contributed by atoms with van der Waals surface area (Å²) in [6.45, 7) is 2.16. The van der Waals surface area contributed by atoms with Crippen molar-refractivity contribution in [1.29, 1.82) is 0 Å². The maximum Gasteiger partial charge on any atom is 0.251 e. The molecule has 4 atom stereocenters. The molecule has 2 bridgehead atoms. The van der Waals surface area contributed by atoms with Gasteiger partial charge in [-0.2, -0.15) is 0 Å². The minimum Gasteiger partial charge on any atom is -0.497 e. The van der Waals surface area contributed by atoms with Crippen LogP contribution in [0.1, 0.15) is 43.0 Å². The number of carbonyl (C=O) groups is 1. The zero-order valence-corrected chi connectivity index (χ0v) is 12.3. The molecule has 1 aromatic rings. The summed E-state index contributed by atoms with van der Waals surface area (Å²) in [4.78, 5) is 12.3. The van der Waals surface area contributed by atoms with Crippen LogP contribution in [0, 0.1) is 17.8 Å². The van der Waals surface area contributed by atoms with Gasteiger partial charge in [-0.05, 0) is 68.2 Å². The van der Waals surface area contributed by atoms with Gasteiger partial charge < -0.3 is 10.1 Å². The van der Waals surface area contributed by atoms with Crippen LogP contribution in [0.3, 0.4) is 0 Å². The second-order valence-corrected chi connectivity index (χ2v) is 6.33. The van der Waals surface area contributed by atoms with E-state index in [0.29, 0.717) is 11.5 Å². The van der Waals surface area contributed by atoms with Gasteiger partial charge >= 0.3 is 0 Å². The molecule has 0 radical (unpaired) electrons. The lowest BCUT2D eigenvalue weighted by atomic mass is 9.84. The minimum atomic E-state index is 0.0305. The SMILES string of the molecule is COc1ccc(C(=O)N[C@H](C)[C@H]2C[C@@H]3CC[C@@H]2C3)cc1. The fourth-order valence-electron chi connectivity index (χ4n) is 4.05. The first kappa shape index (κ1) is 13.5. The number of nitrogens with one attached hydrogen (secondary N) is 1. The Morgan fingerprint density at radius 3 is 2.55 bits per heavy atom. The number of hydrogen-bond donors (Lipinski definition) is 1. The maximum absolute atomic E-state index is 12.3. The van der Waals surface area contributed by atoms with Crippen molar-refractivity contribution in [3.63, 3.8) is 0 Å². The number of ether oxygens (including phenoxy) is 1. The lowest BCUT2D eigenvalue weighted by Crippen LogP contribution is -2.40. The van der Waals surface area contributed by atoms with Gasteiger partial charge in [0.25, 0.3) is 5.91 Å². The molecule has 108 valence electrons. The summed E-state index contributed by atoms with van der Waals surface area (Å²) >= 11 is 0. The van der Waals surface area contributed by atoms with Crippen LogP contribution in [0.5, 0.6) is 5.75 Å². The molecule has 0 aliphatic heterocycles. The molecule has 3 heteroatoms. The van der Waals surface area contributed by atoms with Crippen molar-refractivity contribution in [3.8, 4) is 5.75 Å². The Hall–Kier alpha value is -1.51. The molecule has 1 amide bonds. The number of carbonyl (C=O) groups excluding carboxylic acids is 1. The van der Waals surface area contributed by atoms with Gasteiger partial charge in [-0.3, -0.25) is 4.79 Å². The lowest BCUT2D eigenvalue weighted by Gasteiger charge is -2.28. The highest BCUT2D eigenvalue weighted by atomic mass is 16.5. The number of benzene rings is 1. The van der Waals surface area contributed by atoms with E-state index >= 15 is 0 Å². The quantitative estimate of drug-likeness (QED) is 0.914. The van der Waals surface area contributed by atoms with Crippen LogP contribution in [0.4, 0.5) is 0 Å². The van der Waals surface area contributed by atoms with Crippen LogP contribution < -0.4 is 10.1 Å². The molecule has 1 aromatic carbocycles. The molecule has 3 rings (SSSR count). The fraction of sp³-hybridized carbons (Fsp3) is 0.588. The normalized spacial score (nSPS) is 29.2. The van der Waals surface area contributed by atoms with E-state index in [1.165, 1.54) is 25.7 Å². The van der Waals surface area contributed by atoms with Crippen LogP contribution in [-0.2, 0) is 0 Å². The van der Waals surface area contributed by atoms with E-state index in [1.54, 1.807) is 7.11 Å². The molecule has 1 N–H and O–H groups in total. The predicted octanol–water partition coefficient (Wildman–Crippen LogP) is 3.25. The molecule has 2 aliphatic rings. The van der Waals surface area contributed by atoms with Crippen molar-refractivity contribution in [1.82, 2.24) is 5.32 Å². The predicted molar refractivity (Wildman–Crippen MR) is 78.9 cm³/mol. The van der Waals surface area contributed by atoms with Crippen molar-refractivity contribution in [2.45, 2.75) is 38.6 Å². The van der Waals surface area contributed by atoms with Crippen molar-refractivity contribution in [2.24, 2.45) is 17.8 Å². The van der Waals surface area contributed by atoms with Crippen LogP contribution in [0.25, 0.3) is 0 Å². The first-order chi connectivity index (χ1) is 9.67. The Kier molecular flexibility index (Phi) is 3.68. The molecule has 3 nitrogen and oxygen atoms in total. The lowest BCUT2D eigenvalue weighted by molar-refractivity contribution is 0.0915. The van der Waals surface area contributed by atoms with Gasteiger partial charge in [-0.15, -0.1) is 0 Å². The summed E-state index contributed by atoms with van der Waals surface area (Å²) in [5.41, 5.74) is 0.709. The highest BCUT2D eigenvalue weighted by molar-refractivity contribution is 5.94. The van der Waals surface area contributed by atoms with Crippen LogP contribution in [-0.4, -0.2) is 19.1 Å². The van der Waals surface area contributed by atoms with Gasteiger partial charge in [0.1, 0.15) is 5.75 Å². The molecule has 0 spiro atoms. The van der Waals surface area contributed by atoms with E-state index in [1.807, 2.05) is 24.3 Å². The average molecular weight is 273 g/mol. The Labute approximate surface area is 120 Å². The van der Waals surface area contributed by atoms with E-state index in [9.17, 15) is 4.79 Å². The Balaban J connectivity index is 1.60. The van der Waals surface area contributed by atoms with Crippen molar-refractivity contribution < 1.29 is 9.53 Å². The number of amides is 1. The molecular weight excluding hydrogens is 250 g/mol. The Morgan fingerprint density at radius 1 is 1.25 bits per heavy atom. The first-order valence-corrected chi connectivity index (χ1v) is 7.62. The first-order valence-electron chi connectivity index (χ1n) is 7.62. The third-order valence-electron chi connectivity index (χ3n) is 5.15. The van der Waals surface area contributed by atoms with Gasteiger partial charge in [0.2, 0.25) is 0 Å². The molecule has 2 saturated carbocycles. The molecule has 0 unspecified atom stereocenters. The van der Waals surface area contributed by atoms with E-state index in [4.69, 9.17) is 4.74 Å². The summed E-state index contributed by atoms with van der Waals surface area (Å²) in [6.07, 6.45) is 5.44. The maximum atomic E-state index is 12.3. The van der Waals surface area contributed by atoms with Gasteiger partial charge in [-0.1, -0.05) is 6.42 Å². The van der Waals surface area contributed by atoms with E-state index < -0.39 is 0 Å². The number of hydrogen-bond acceptors (Lipinski definition) is 2. The van der Waals surface area contributed by atoms with Crippen molar-refractivity contribution in [3.05, 3.63) is 29.8 Å². The standard InChI is InChI=1S/C17H23NO2/c1-11(16-10-12-3-4-14(16)9-12)18-17(19)13-5-7-15(20-2)8-6-13/h5-8,11-12,14,16H,3-4,9-10H2,1-2H3,(H,18,19)/t11-,12-,14-,16-/m1/s1. The Bertz CT molecular complexity index is 482. The molecule has 20 heavy (non-hydrogen) atoms. The molecule has 0 saturated heterocycles. The second kappa shape index (κ2) is 5.47. The third-order valence-corrected chi connectivity index (χ3v) is 5.15. The monoisotopic (exact) mass is 273 g/mol. The van der Waals surface area contributed by atoms with E-state index in [2.05, 4.69) is 12.2 Å². The van der Waals surface area contributed by atoms with Gasteiger partial charge in [0.05, 0.1) is 7.11 Å². The fourth-order valence-corrected chi connectivity index (χ4v) is 4.05. The van der Waals surface area contributed by atoms with Gasteiger partial charge in [0, 0.05) is 11.6 Å². The molecular formula is C17H23NO2. The zero-order chi connectivity index (χ0) is 14.1. The summed E-state index contributed by atoms with van der Waals surface area (Å²) < 4.78 is 5.11. The van der Waals surface area contributed by atoms with E-state index in [-0.39, 0.29) is 11.9 Å². The van der Waals surface area contributed by atoms with Crippen LogP contribution in [0.15, 0.2) is 24.3 Å². The average Bonchev–Trinajstić information content (AvgIpc) is 3.10. The molecule has 0 heterocycles. The molecule has 0 aromatic heterocycles. The van der Waals surface area contributed by atoms with Crippen LogP contribution >= 0.6 is 0 Å². The highest BCUT2D eigenvalue weighted by Crippen LogP contribution is 2.49. The summed E-state index contributed by atoms with van der Waals surface area (Å²) in [5.74, 6) is 3.25. The second-order valence-electron chi connectivity index (χ2n) is 6.33. The summed E-state index contributed by atoms with van der Waals surface area (Å²) in [6, 6.07) is 7.58. The summed E-state index contributed by atoms with van der Waals surface area (Å²) in [5, 5.41) is 3.18. The summed E-state index contributed by atoms with van der Waals surface area (Å²) in [7, 11) is 1.63. The smallest absolute Gasteiger partial charge is 0.251 e. The molecule has 2 aliphatic carbocycles. The zero-order valence-electron chi connectivity index (χ0n) is 12.3. The molecule has 2 fully saturated rings.